The molecule has 3 nitrogen and oxygen atoms in total. The second kappa shape index (κ2) is 3.72. The molecule has 1 N–H and O–H groups in total. The largest absolute Gasteiger partial charge is 0.477 e. The zero-order valence-electron chi connectivity index (χ0n) is 7.08. The minimum Gasteiger partial charge on any atom is -0.477 e. The van der Waals surface area contributed by atoms with Gasteiger partial charge in [-0.1, -0.05) is 13.8 Å². The van der Waals surface area contributed by atoms with Crippen LogP contribution in [0.2, 0.25) is 0 Å². The van der Waals surface area contributed by atoms with E-state index < -0.39 is 6.10 Å². The van der Waals surface area contributed by atoms with Gasteiger partial charge in [0.15, 0.2) is 0 Å². The third-order valence-electron chi connectivity index (χ3n) is 1.59. The van der Waals surface area contributed by atoms with Gasteiger partial charge in [-0.3, -0.25) is 0 Å². The van der Waals surface area contributed by atoms with Gasteiger partial charge in [0.25, 0.3) is 0 Å². The Kier molecular flexibility index (Phi) is 2.88. The predicted molar refractivity (Wildman–Crippen MR) is 43.7 cm³/mol. The average Bonchev–Trinajstić information content (AvgIpc) is 2.35. The summed E-state index contributed by atoms with van der Waals surface area (Å²) in [6, 6.07) is 0. The van der Waals surface area contributed by atoms with E-state index in [0.29, 0.717) is 25.0 Å². The molecule has 1 atom stereocenters. The Bertz CT molecular complexity index is 154. The number of aliphatic hydroxyl groups excluding tert-OH is 1. The standard InChI is InChI=1S/C8H15NO2/c1-6(2)5-7(10)8-9-3-4-11-8/h6-7,10H,3-5H2,1-2H3. The summed E-state index contributed by atoms with van der Waals surface area (Å²) in [6.45, 7) is 5.46. The highest BCUT2D eigenvalue weighted by Crippen LogP contribution is 2.09. The lowest BCUT2D eigenvalue weighted by atomic mass is 10.1. The maximum absolute atomic E-state index is 9.46. The lowest BCUT2D eigenvalue weighted by Crippen LogP contribution is -2.22. The van der Waals surface area contributed by atoms with E-state index in [-0.39, 0.29) is 0 Å². The lowest BCUT2D eigenvalue weighted by molar-refractivity contribution is 0.177. The van der Waals surface area contributed by atoms with Gasteiger partial charge in [-0.15, -0.1) is 0 Å². The van der Waals surface area contributed by atoms with Crippen LogP contribution >= 0.6 is 0 Å². The molecule has 0 aromatic heterocycles. The van der Waals surface area contributed by atoms with Gasteiger partial charge in [-0.2, -0.15) is 0 Å². The first-order valence-corrected chi connectivity index (χ1v) is 4.05. The molecule has 0 aromatic carbocycles. The molecule has 1 unspecified atom stereocenters. The van der Waals surface area contributed by atoms with Crippen LogP contribution in [-0.4, -0.2) is 30.3 Å². The number of aliphatic hydroxyl groups is 1. The van der Waals surface area contributed by atoms with Gasteiger partial charge < -0.3 is 9.84 Å². The van der Waals surface area contributed by atoms with Gasteiger partial charge in [0.1, 0.15) is 12.7 Å². The first-order valence-electron chi connectivity index (χ1n) is 4.05. The van der Waals surface area contributed by atoms with E-state index in [9.17, 15) is 5.11 Å². The maximum Gasteiger partial charge on any atom is 0.213 e. The Morgan fingerprint density at radius 2 is 2.36 bits per heavy atom. The molecule has 0 aliphatic carbocycles. The average molecular weight is 157 g/mol. The van der Waals surface area contributed by atoms with E-state index >= 15 is 0 Å². The minimum absolute atomic E-state index is 0.483. The van der Waals surface area contributed by atoms with E-state index in [1.54, 1.807) is 0 Å². The molecule has 0 saturated heterocycles. The molecule has 64 valence electrons. The molecule has 0 amide bonds. The molecule has 1 rings (SSSR count). The number of hydrogen-bond acceptors (Lipinski definition) is 3. The molecule has 1 aliphatic heterocycles. The van der Waals surface area contributed by atoms with E-state index in [2.05, 4.69) is 18.8 Å². The Hall–Kier alpha value is -0.570. The van der Waals surface area contributed by atoms with Crippen LogP contribution in [0.15, 0.2) is 4.99 Å². The summed E-state index contributed by atoms with van der Waals surface area (Å²) in [5, 5.41) is 9.46. The van der Waals surface area contributed by atoms with Crippen molar-refractivity contribution >= 4 is 5.90 Å². The van der Waals surface area contributed by atoms with Crippen LogP contribution in [0.5, 0.6) is 0 Å². The monoisotopic (exact) mass is 157 g/mol. The van der Waals surface area contributed by atoms with E-state index in [1.165, 1.54) is 0 Å². The van der Waals surface area contributed by atoms with Gasteiger partial charge in [0.05, 0.1) is 6.54 Å². The maximum atomic E-state index is 9.46. The molecule has 0 fully saturated rings. The van der Waals surface area contributed by atoms with Crippen molar-refractivity contribution < 1.29 is 9.84 Å². The van der Waals surface area contributed by atoms with Crippen molar-refractivity contribution in [3.8, 4) is 0 Å². The zero-order valence-corrected chi connectivity index (χ0v) is 7.08. The molecular formula is C8H15NO2. The van der Waals surface area contributed by atoms with Crippen LogP contribution in [0, 0.1) is 5.92 Å². The van der Waals surface area contributed by atoms with Gasteiger partial charge in [-0.25, -0.2) is 4.99 Å². The predicted octanol–water partition coefficient (Wildman–Crippen LogP) is 0.822. The van der Waals surface area contributed by atoms with Gasteiger partial charge in [-0.05, 0) is 12.3 Å². The minimum atomic E-state index is -0.488. The van der Waals surface area contributed by atoms with Gasteiger partial charge in [0.2, 0.25) is 5.90 Å². The quantitative estimate of drug-likeness (QED) is 0.659. The van der Waals surface area contributed by atoms with Gasteiger partial charge >= 0.3 is 0 Å². The summed E-state index contributed by atoms with van der Waals surface area (Å²) in [5.74, 6) is 1.01. The van der Waals surface area contributed by atoms with E-state index in [4.69, 9.17) is 4.74 Å². The summed E-state index contributed by atoms with van der Waals surface area (Å²) in [4.78, 5) is 4.03. The van der Waals surface area contributed by atoms with Crippen LogP contribution in [0.1, 0.15) is 20.3 Å². The van der Waals surface area contributed by atoms with Crippen LogP contribution < -0.4 is 0 Å². The first kappa shape index (κ1) is 8.53. The fourth-order valence-electron chi connectivity index (χ4n) is 1.10. The molecule has 3 heteroatoms. The second-order valence-electron chi connectivity index (χ2n) is 3.21. The van der Waals surface area contributed by atoms with Crippen LogP contribution in [0.25, 0.3) is 0 Å². The molecule has 0 aromatic rings. The van der Waals surface area contributed by atoms with Crippen molar-refractivity contribution in [3.63, 3.8) is 0 Å². The van der Waals surface area contributed by atoms with Crippen LogP contribution in [-0.2, 0) is 4.74 Å². The smallest absolute Gasteiger partial charge is 0.213 e. The first-order chi connectivity index (χ1) is 5.20. The summed E-state index contributed by atoms with van der Waals surface area (Å²) >= 11 is 0. The van der Waals surface area contributed by atoms with Crippen LogP contribution in [0.4, 0.5) is 0 Å². The Morgan fingerprint density at radius 3 is 2.82 bits per heavy atom. The van der Waals surface area contributed by atoms with Crippen molar-refractivity contribution in [3.05, 3.63) is 0 Å². The number of aliphatic imine (C=N–C) groups is 1. The van der Waals surface area contributed by atoms with Crippen molar-refractivity contribution in [1.82, 2.24) is 0 Å². The molecule has 11 heavy (non-hydrogen) atoms. The molecule has 0 bridgehead atoms. The van der Waals surface area contributed by atoms with Gasteiger partial charge in [0, 0.05) is 0 Å². The fourth-order valence-corrected chi connectivity index (χ4v) is 1.10. The van der Waals surface area contributed by atoms with E-state index in [0.717, 1.165) is 6.42 Å². The van der Waals surface area contributed by atoms with Crippen molar-refractivity contribution in [2.24, 2.45) is 10.9 Å². The number of hydrogen-bond donors (Lipinski definition) is 1. The molecular weight excluding hydrogens is 142 g/mol. The van der Waals surface area contributed by atoms with Crippen LogP contribution in [0.3, 0.4) is 0 Å². The number of ether oxygens (including phenoxy) is 1. The zero-order chi connectivity index (χ0) is 8.27. The Labute approximate surface area is 67.1 Å². The summed E-state index contributed by atoms with van der Waals surface area (Å²) in [7, 11) is 0. The number of nitrogens with zero attached hydrogens (tertiary/aromatic N) is 1. The van der Waals surface area contributed by atoms with E-state index in [1.807, 2.05) is 0 Å². The third kappa shape index (κ3) is 2.50. The fraction of sp³-hybridized carbons (Fsp3) is 0.875. The summed E-state index contributed by atoms with van der Waals surface area (Å²) < 4.78 is 5.12. The molecule has 1 heterocycles. The highest BCUT2D eigenvalue weighted by Gasteiger charge is 2.18. The highest BCUT2D eigenvalue weighted by atomic mass is 16.5. The van der Waals surface area contributed by atoms with Crippen molar-refractivity contribution in [1.29, 1.82) is 0 Å². The molecule has 0 saturated carbocycles. The highest BCUT2D eigenvalue weighted by molar-refractivity contribution is 5.81. The SMILES string of the molecule is CC(C)CC(O)C1=NCCO1. The molecule has 0 spiro atoms. The Balaban J connectivity index is 2.34. The lowest BCUT2D eigenvalue weighted by Gasteiger charge is -2.11. The summed E-state index contributed by atoms with van der Waals surface area (Å²) in [5.41, 5.74) is 0. The molecule has 1 aliphatic rings. The second-order valence-corrected chi connectivity index (χ2v) is 3.21. The topological polar surface area (TPSA) is 41.8 Å². The molecule has 0 radical (unpaired) electrons. The number of rotatable bonds is 3. The van der Waals surface area contributed by atoms with Crippen molar-refractivity contribution in [2.75, 3.05) is 13.2 Å². The normalized spacial score (nSPS) is 19.8. The Morgan fingerprint density at radius 1 is 1.64 bits per heavy atom. The summed E-state index contributed by atoms with van der Waals surface area (Å²) in [6.07, 6.45) is 0.247. The third-order valence-corrected chi connectivity index (χ3v) is 1.59. The van der Waals surface area contributed by atoms with Crippen molar-refractivity contribution in [2.45, 2.75) is 26.4 Å².